The number of rotatable bonds is 3. The fourth-order valence-electron chi connectivity index (χ4n) is 1.42. The second kappa shape index (κ2) is 5.61. The molecule has 0 saturated heterocycles. The molecule has 0 aliphatic carbocycles. The van der Waals surface area contributed by atoms with E-state index in [9.17, 15) is 4.79 Å². The van der Waals surface area contributed by atoms with Gasteiger partial charge in [0, 0.05) is 12.1 Å². The summed E-state index contributed by atoms with van der Waals surface area (Å²) in [6, 6.07) is 4.97. The second-order valence-corrected chi connectivity index (χ2v) is 5.24. The largest absolute Gasteiger partial charge is 0.397 e. The van der Waals surface area contributed by atoms with E-state index < -0.39 is 0 Å². The lowest BCUT2D eigenvalue weighted by molar-refractivity contribution is 0.0951. The van der Waals surface area contributed by atoms with E-state index in [1.54, 1.807) is 11.3 Å². The average molecular weight is 301 g/mol. The van der Waals surface area contributed by atoms with Gasteiger partial charge in [0.15, 0.2) is 0 Å². The first-order valence-electron chi connectivity index (χ1n) is 5.11. The Morgan fingerprint density at radius 2 is 2.17 bits per heavy atom. The van der Waals surface area contributed by atoms with Crippen LogP contribution in [0.1, 0.15) is 15.9 Å². The number of nitrogen functional groups attached to an aromatic ring is 1. The van der Waals surface area contributed by atoms with Gasteiger partial charge < -0.3 is 11.1 Å². The van der Waals surface area contributed by atoms with Gasteiger partial charge in [0.05, 0.1) is 15.7 Å². The first kappa shape index (κ1) is 13.2. The van der Waals surface area contributed by atoms with Crippen molar-refractivity contribution in [3.63, 3.8) is 0 Å². The molecule has 3 N–H and O–H groups in total. The Labute approximate surface area is 119 Å². The third-order valence-corrected chi connectivity index (χ3v) is 3.90. The number of hydrogen-bond donors (Lipinski definition) is 2. The van der Waals surface area contributed by atoms with Gasteiger partial charge in [-0.1, -0.05) is 23.2 Å². The SMILES string of the molecule is Nc1cc(C(=O)NCc2ccsc2)cc(Cl)c1Cl. The topological polar surface area (TPSA) is 55.1 Å². The van der Waals surface area contributed by atoms with Crippen LogP contribution in [0.3, 0.4) is 0 Å². The highest BCUT2D eigenvalue weighted by atomic mass is 35.5. The lowest BCUT2D eigenvalue weighted by Crippen LogP contribution is -2.22. The smallest absolute Gasteiger partial charge is 0.251 e. The van der Waals surface area contributed by atoms with Crippen LogP contribution in [0.5, 0.6) is 0 Å². The van der Waals surface area contributed by atoms with Gasteiger partial charge >= 0.3 is 0 Å². The molecule has 3 nitrogen and oxygen atoms in total. The highest BCUT2D eigenvalue weighted by molar-refractivity contribution is 7.07. The summed E-state index contributed by atoms with van der Waals surface area (Å²) < 4.78 is 0. The zero-order chi connectivity index (χ0) is 13.1. The molecule has 0 saturated carbocycles. The average Bonchev–Trinajstić information content (AvgIpc) is 2.85. The number of anilines is 1. The third kappa shape index (κ3) is 2.96. The lowest BCUT2D eigenvalue weighted by Gasteiger charge is -2.07. The van der Waals surface area contributed by atoms with Gasteiger partial charge in [-0.2, -0.15) is 11.3 Å². The number of halogens is 2. The molecule has 1 aromatic heterocycles. The fourth-order valence-corrected chi connectivity index (χ4v) is 2.42. The van der Waals surface area contributed by atoms with Crippen molar-refractivity contribution in [2.24, 2.45) is 0 Å². The Kier molecular flexibility index (Phi) is 4.11. The highest BCUT2D eigenvalue weighted by Crippen LogP contribution is 2.29. The maximum absolute atomic E-state index is 11.9. The van der Waals surface area contributed by atoms with Crippen LogP contribution in [-0.2, 0) is 6.54 Å². The maximum atomic E-state index is 11.9. The molecule has 0 radical (unpaired) electrons. The molecule has 2 aromatic rings. The van der Waals surface area contributed by atoms with Crippen LogP contribution in [0.4, 0.5) is 5.69 Å². The molecule has 0 bridgehead atoms. The van der Waals surface area contributed by atoms with E-state index in [4.69, 9.17) is 28.9 Å². The molecular weight excluding hydrogens is 291 g/mol. The molecule has 0 spiro atoms. The maximum Gasteiger partial charge on any atom is 0.251 e. The highest BCUT2D eigenvalue weighted by Gasteiger charge is 2.11. The predicted octanol–water partition coefficient (Wildman–Crippen LogP) is 3.57. The van der Waals surface area contributed by atoms with E-state index in [1.165, 1.54) is 12.1 Å². The second-order valence-electron chi connectivity index (χ2n) is 3.68. The van der Waals surface area contributed by atoms with Crippen LogP contribution >= 0.6 is 34.5 Å². The molecule has 0 unspecified atom stereocenters. The van der Waals surface area contributed by atoms with E-state index in [0.717, 1.165) is 5.56 Å². The Morgan fingerprint density at radius 1 is 1.39 bits per heavy atom. The first-order chi connectivity index (χ1) is 8.58. The number of benzene rings is 1. The van der Waals surface area contributed by atoms with Gasteiger partial charge in [0.1, 0.15) is 0 Å². The summed E-state index contributed by atoms with van der Waals surface area (Å²) in [6.45, 7) is 0.475. The van der Waals surface area contributed by atoms with Crippen molar-refractivity contribution in [1.29, 1.82) is 0 Å². The minimum Gasteiger partial charge on any atom is -0.397 e. The molecule has 0 aliphatic heterocycles. The van der Waals surface area contributed by atoms with Crippen LogP contribution < -0.4 is 11.1 Å². The summed E-state index contributed by atoms with van der Waals surface area (Å²) >= 11 is 13.3. The van der Waals surface area contributed by atoms with Crippen molar-refractivity contribution >= 4 is 46.1 Å². The summed E-state index contributed by atoms with van der Waals surface area (Å²) in [5, 5.41) is 7.26. The summed E-state index contributed by atoms with van der Waals surface area (Å²) in [4.78, 5) is 11.9. The molecule has 1 aromatic carbocycles. The van der Waals surface area contributed by atoms with Crippen molar-refractivity contribution < 1.29 is 4.79 Å². The molecule has 1 amide bonds. The normalized spacial score (nSPS) is 10.3. The van der Waals surface area contributed by atoms with E-state index in [-0.39, 0.29) is 16.0 Å². The van der Waals surface area contributed by atoms with Gasteiger partial charge in [-0.05, 0) is 34.5 Å². The third-order valence-electron chi connectivity index (χ3n) is 2.35. The van der Waals surface area contributed by atoms with E-state index in [1.807, 2.05) is 16.8 Å². The lowest BCUT2D eigenvalue weighted by atomic mass is 10.2. The van der Waals surface area contributed by atoms with Gasteiger partial charge in [0.2, 0.25) is 0 Å². The number of carbonyl (C=O) groups excluding carboxylic acids is 1. The molecular formula is C12H10Cl2N2OS. The molecule has 18 heavy (non-hydrogen) atoms. The minimum absolute atomic E-state index is 0.230. The Hall–Kier alpha value is -1.23. The Balaban J connectivity index is 2.09. The molecule has 2 rings (SSSR count). The van der Waals surface area contributed by atoms with Gasteiger partial charge in [-0.3, -0.25) is 4.79 Å². The van der Waals surface area contributed by atoms with Crippen LogP contribution in [0.2, 0.25) is 10.0 Å². The predicted molar refractivity (Wildman–Crippen MR) is 76.4 cm³/mol. The number of nitrogens with two attached hydrogens (primary N) is 1. The monoisotopic (exact) mass is 300 g/mol. The van der Waals surface area contributed by atoms with E-state index >= 15 is 0 Å². The Morgan fingerprint density at radius 3 is 2.78 bits per heavy atom. The fraction of sp³-hybridized carbons (Fsp3) is 0.0833. The zero-order valence-electron chi connectivity index (χ0n) is 9.24. The minimum atomic E-state index is -0.230. The molecule has 6 heteroatoms. The zero-order valence-corrected chi connectivity index (χ0v) is 11.6. The first-order valence-corrected chi connectivity index (χ1v) is 6.81. The van der Waals surface area contributed by atoms with Crippen molar-refractivity contribution in [3.05, 3.63) is 50.1 Å². The van der Waals surface area contributed by atoms with E-state index in [2.05, 4.69) is 5.32 Å². The van der Waals surface area contributed by atoms with Crippen molar-refractivity contribution in [1.82, 2.24) is 5.32 Å². The number of thiophene rings is 1. The van der Waals surface area contributed by atoms with Crippen molar-refractivity contribution in [2.45, 2.75) is 6.54 Å². The van der Waals surface area contributed by atoms with E-state index in [0.29, 0.717) is 17.8 Å². The number of carbonyl (C=O) groups is 1. The number of amides is 1. The number of nitrogens with one attached hydrogen (secondary N) is 1. The summed E-state index contributed by atoms with van der Waals surface area (Å²) in [6.07, 6.45) is 0. The number of hydrogen-bond acceptors (Lipinski definition) is 3. The molecule has 1 heterocycles. The van der Waals surface area contributed by atoms with Crippen LogP contribution in [0, 0.1) is 0 Å². The summed E-state index contributed by atoms with van der Waals surface area (Å²) in [5.41, 5.74) is 7.41. The van der Waals surface area contributed by atoms with Gasteiger partial charge in [0.25, 0.3) is 5.91 Å². The molecule has 0 atom stereocenters. The molecule has 0 aliphatic rings. The van der Waals surface area contributed by atoms with Crippen LogP contribution in [0.15, 0.2) is 29.0 Å². The van der Waals surface area contributed by atoms with Gasteiger partial charge in [-0.15, -0.1) is 0 Å². The quantitative estimate of drug-likeness (QED) is 0.852. The standard InChI is InChI=1S/C12H10Cl2N2OS/c13-9-3-8(4-10(15)11(9)14)12(17)16-5-7-1-2-18-6-7/h1-4,6H,5,15H2,(H,16,17). The Bertz CT molecular complexity index is 546. The molecule has 0 fully saturated rings. The summed E-state index contributed by atoms with van der Waals surface area (Å²) in [7, 11) is 0. The summed E-state index contributed by atoms with van der Waals surface area (Å²) in [5.74, 6) is -0.230. The van der Waals surface area contributed by atoms with Crippen LogP contribution in [-0.4, -0.2) is 5.91 Å². The van der Waals surface area contributed by atoms with Crippen molar-refractivity contribution in [3.8, 4) is 0 Å². The van der Waals surface area contributed by atoms with Crippen LogP contribution in [0.25, 0.3) is 0 Å². The van der Waals surface area contributed by atoms with Gasteiger partial charge in [-0.25, -0.2) is 0 Å². The van der Waals surface area contributed by atoms with Crippen molar-refractivity contribution in [2.75, 3.05) is 5.73 Å². The molecule has 94 valence electrons.